The number of hydrogen-bond acceptors (Lipinski definition) is 6. The predicted molar refractivity (Wildman–Crippen MR) is 100 cm³/mol. The number of ether oxygens (including phenoxy) is 2. The van der Waals surface area contributed by atoms with Gasteiger partial charge in [0.2, 0.25) is 5.91 Å². The van der Waals surface area contributed by atoms with Gasteiger partial charge < -0.3 is 14.8 Å². The zero-order chi connectivity index (χ0) is 18.7. The number of aromatic nitrogens is 2. The summed E-state index contributed by atoms with van der Waals surface area (Å²) in [5, 5.41) is 3.54. The van der Waals surface area contributed by atoms with Gasteiger partial charge in [-0.05, 0) is 18.6 Å². The molecule has 1 aliphatic heterocycles. The first kappa shape index (κ1) is 18.3. The van der Waals surface area contributed by atoms with E-state index in [-0.39, 0.29) is 23.9 Å². The van der Waals surface area contributed by atoms with Crippen LogP contribution in [0, 0.1) is 0 Å². The number of methoxy groups -OCH3 is 2. The van der Waals surface area contributed by atoms with Gasteiger partial charge in [0.25, 0.3) is 5.56 Å². The Labute approximate surface area is 155 Å². The van der Waals surface area contributed by atoms with Gasteiger partial charge >= 0.3 is 0 Å². The fraction of sp³-hybridized carbons (Fsp3) is 0.389. The van der Waals surface area contributed by atoms with E-state index in [1.54, 1.807) is 43.1 Å². The predicted octanol–water partition coefficient (Wildman–Crippen LogP) is 2.50. The molecule has 1 N–H and O–H groups in total. The highest BCUT2D eigenvalue weighted by molar-refractivity contribution is 7.99. The molecule has 1 aliphatic rings. The lowest BCUT2D eigenvalue weighted by molar-refractivity contribution is -0.116. The molecule has 0 fully saturated rings. The van der Waals surface area contributed by atoms with Gasteiger partial charge in [0, 0.05) is 35.7 Å². The molecule has 0 radical (unpaired) electrons. The highest BCUT2D eigenvalue weighted by atomic mass is 32.2. The molecule has 2 heterocycles. The lowest BCUT2D eigenvalue weighted by atomic mass is 10.2. The Morgan fingerprint density at radius 2 is 2.08 bits per heavy atom. The van der Waals surface area contributed by atoms with Gasteiger partial charge in [-0.1, -0.05) is 18.7 Å². The van der Waals surface area contributed by atoms with Crippen molar-refractivity contribution in [2.75, 3.05) is 25.3 Å². The second kappa shape index (κ2) is 7.82. The number of benzene rings is 1. The van der Waals surface area contributed by atoms with Crippen molar-refractivity contribution in [2.24, 2.45) is 0 Å². The van der Waals surface area contributed by atoms with E-state index in [0.29, 0.717) is 34.5 Å². The average molecular weight is 375 g/mol. The maximum Gasteiger partial charge on any atom is 0.254 e. The minimum absolute atomic E-state index is 0.0965. The number of anilines is 1. The second-order valence-corrected chi connectivity index (χ2v) is 6.87. The molecule has 1 aromatic heterocycles. The van der Waals surface area contributed by atoms with Crippen LogP contribution < -0.4 is 20.3 Å². The molecule has 1 atom stereocenters. The zero-order valence-electron chi connectivity index (χ0n) is 14.9. The minimum atomic E-state index is -0.193. The van der Waals surface area contributed by atoms with Crippen molar-refractivity contribution >= 4 is 23.4 Å². The quantitative estimate of drug-likeness (QED) is 0.781. The van der Waals surface area contributed by atoms with E-state index in [1.165, 1.54) is 11.8 Å². The van der Waals surface area contributed by atoms with Crippen LogP contribution in [0.5, 0.6) is 11.5 Å². The molecule has 1 amide bonds. The molecule has 0 spiro atoms. The van der Waals surface area contributed by atoms with Crippen LogP contribution in [0.15, 0.2) is 34.2 Å². The molecule has 7 nitrogen and oxygen atoms in total. The summed E-state index contributed by atoms with van der Waals surface area (Å²) in [5.74, 6) is 1.63. The molecule has 3 rings (SSSR count). The first-order valence-electron chi connectivity index (χ1n) is 8.32. The molecule has 138 valence electrons. The van der Waals surface area contributed by atoms with Gasteiger partial charge in [-0.25, -0.2) is 4.98 Å². The molecule has 1 aromatic carbocycles. The van der Waals surface area contributed by atoms with Gasteiger partial charge in [-0.2, -0.15) is 0 Å². The van der Waals surface area contributed by atoms with E-state index >= 15 is 0 Å². The lowest BCUT2D eigenvalue weighted by Gasteiger charge is -2.14. The van der Waals surface area contributed by atoms with Crippen molar-refractivity contribution in [1.29, 1.82) is 0 Å². The molecule has 26 heavy (non-hydrogen) atoms. The Balaban J connectivity index is 1.72. The number of carbonyl (C=O) groups excluding carboxylic acids is 1. The molecule has 2 aromatic rings. The molecule has 0 saturated heterocycles. The first-order valence-corrected chi connectivity index (χ1v) is 9.31. The Bertz CT molecular complexity index is 881. The standard InChI is InChI=1S/C18H21N3O4S/c1-4-11-8-17(23)21-13(10-26-18(21)20-11)9-16(22)19-12-5-6-14(24-2)15(7-12)25-3/h5-8,13H,4,9-10H2,1-3H3,(H,19,22). The van der Waals surface area contributed by atoms with E-state index in [1.807, 2.05) is 6.92 Å². The Hall–Kier alpha value is -2.48. The van der Waals surface area contributed by atoms with Gasteiger partial charge in [0.1, 0.15) is 0 Å². The molecule has 0 saturated carbocycles. The Morgan fingerprint density at radius 3 is 2.77 bits per heavy atom. The Morgan fingerprint density at radius 1 is 1.31 bits per heavy atom. The van der Waals surface area contributed by atoms with E-state index in [2.05, 4.69) is 10.3 Å². The number of carbonyl (C=O) groups is 1. The number of fused-ring (bicyclic) bond motifs is 1. The van der Waals surface area contributed by atoms with Crippen LogP contribution in [0.3, 0.4) is 0 Å². The van der Waals surface area contributed by atoms with Crippen molar-refractivity contribution in [2.45, 2.75) is 31.0 Å². The van der Waals surface area contributed by atoms with E-state index < -0.39 is 0 Å². The van der Waals surface area contributed by atoms with Crippen molar-refractivity contribution in [3.05, 3.63) is 40.3 Å². The number of rotatable bonds is 6. The summed E-state index contributed by atoms with van der Waals surface area (Å²) in [5.41, 5.74) is 1.30. The number of nitrogens with one attached hydrogen (secondary N) is 1. The summed E-state index contributed by atoms with van der Waals surface area (Å²) < 4.78 is 12.1. The highest BCUT2D eigenvalue weighted by Crippen LogP contribution is 2.33. The SMILES string of the molecule is CCc1cc(=O)n2c(n1)SCC2CC(=O)Nc1ccc(OC)c(OC)c1. The van der Waals surface area contributed by atoms with Crippen LogP contribution in [0.25, 0.3) is 0 Å². The minimum Gasteiger partial charge on any atom is -0.493 e. The van der Waals surface area contributed by atoms with Gasteiger partial charge in [0.05, 0.1) is 20.3 Å². The average Bonchev–Trinajstić information content (AvgIpc) is 3.04. The maximum atomic E-state index is 12.4. The van der Waals surface area contributed by atoms with Crippen LogP contribution in [-0.4, -0.2) is 35.4 Å². The number of nitrogens with zero attached hydrogens (tertiary/aromatic N) is 2. The fourth-order valence-corrected chi connectivity index (χ4v) is 4.04. The van der Waals surface area contributed by atoms with Gasteiger partial charge in [0.15, 0.2) is 16.7 Å². The summed E-state index contributed by atoms with van der Waals surface area (Å²) in [7, 11) is 3.10. The van der Waals surface area contributed by atoms with E-state index in [4.69, 9.17) is 9.47 Å². The van der Waals surface area contributed by atoms with Crippen molar-refractivity contribution in [3.8, 4) is 11.5 Å². The normalized spacial score (nSPS) is 15.4. The Kier molecular flexibility index (Phi) is 5.51. The molecular weight excluding hydrogens is 354 g/mol. The molecule has 1 unspecified atom stereocenters. The van der Waals surface area contributed by atoms with Crippen LogP contribution in [0.1, 0.15) is 25.1 Å². The maximum absolute atomic E-state index is 12.4. The highest BCUT2D eigenvalue weighted by Gasteiger charge is 2.27. The third-order valence-electron chi connectivity index (χ3n) is 4.19. The van der Waals surface area contributed by atoms with Crippen molar-refractivity contribution in [3.63, 3.8) is 0 Å². The molecule has 0 aliphatic carbocycles. The molecule has 8 heteroatoms. The second-order valence-electron chi connectivity index (χ2n) is 5.88. The summed E-state index contributed by atoms with van der Waals surface area (Å²) in [6.07, 6.45) is 0.926. The van der Waals surface area contributed by atoms with Gasteiger partial charge in [-0.15, -0.1) is 0 Å². The summed E-state index contributed by atoms with van der Waals surface area (Å²) in [6, 6.07) is 6.54. The number of thioether (sulfide) groups is 1. The van der Waals surface area contributed by atoms with Crippen LogP contribution in [0.4, 0.5) is 5.69 Å². The topological polar surface area (TPSA) is 82.5 Å². The largest absolute Gasteiger partial charge is 0.493 e. The smallest absolute Gasteiger partial charge is 0.254 e. The van der Waals surface area contributed by atoms with Crippen LogP contribution in [-0.2, 0) is 11.2 Å². The fourth-order valence-electron chi connectivity index (χ4n) is 2.87. The van der Waals surface area contributed by atoms with Crippen molar-refractivity contribution < 1.29 is 14.3 Å². The zero-order valence-corrected chi connectivity index (χ0v) is 15.8. The lowest BCUT2D eigenvalue weighted by Crippen LogP contribution is -2.27. The number of hydrogen-bond donors (Lipinski definition) is 1. The van der Waals surface area contributed by atoms with Crippen LogP contribution >= 0.6 is 11.8 Å². The third kappa shape index (κ3) is 3.70. The van der Waals surface area contributed by atoms with Crippen LogP contribution in [0.2, 0.25) is 0 Å². The van der Waals surface area contributed by atoms with E-state index in [0.717, 1.165) is 5.69 Å². The monoisotopic (exact) mass is 375 g/mol. The van der Waals surface area contributed by atoms with E-state index in [9.17, 15) is 9.59 Å². The summed E-state index contributed by atoms with van der Waals surface area (Å²) in [6.45, 7) is 1.96. The van der Waals surface area contributed by atoms with Crippen molar-refractivity contribution in [1.82, 2.24) is 9.55 Å². The third-order valence-corrected chi connectivity index (χ3v) is 5.29. The molecular formula is C18H21N3O4S. The number of amides is 1. The number of aryl methyl sites for hydroxylation is 1. The summed E-state index contributed by atoms with van der Waals surface area (Å²) in [4.78, 5) is 29.3. The molecule has 0 bridgehead atoms. The summed E-state index contributed by atoms with van der Waals surface area (Å²) >= 11 is 1.51. The van der Waals surface area contributed by atoms with Gasteiger partial charge in [-0.3, -0.25) is 14.2 Å². The first-order chi connectivity index (χ1) is 12.5.